The maximum Gasteiger partial charge on any atom is 0.303 e. The number of alkyl halides is 3. The number of halogens is 3. The quantitative estimate of drug-likeness (QED) is 0.127. The van der Waals surface area contributed by atoms with Crippen molar-refractivity contribution >= 4 is 46.7 Å². The average Bonchev–Trinajstić information content (AvgIpc) is 2.64. The molecular formula is C17H19Cl3N4O5. The zero-order valence-corrected chi connectivity index (χ0v) is 17.8. The molecule has 0 aromatic heterocycles. The summed E-state index contributed by atoms with van der Waals surface area (Å²) in [5.74, 6) is -1.35. The molecule has 29 heavy (non-hydrogen) atoms. The van der Waals surface area contributed by atoms with Crippen LogP contribution in [0.15, 0.2) is 35.4 Å². The van der Waals surface area contributed by atoms with Crippen LogP contribution in [0.3, 0.4) is 0 Å². The van der Waals surface area contributed by atoms with Crippen LogP contribution in [0.25, 0.3) is 10.4 Å². The lowest BCUT2D eigenvalue weighted by atomic mass is 9.97. The molecular weight excluding hydrogens is 447 g/mol. The molecule has 1 aliphatic heterocycles. The number of hydrogen-bond acceptors (Lipinski definition) is 7. The smallest absolute Gasteiger partial charge is 0.303 e. The summed E-state index contributed by atoms with van der Waals surface area (Å²) < 4.78 is 20.1. The van der Waals surface area contributed by atoms with Gasteiger partial charge < -0.3 is 18.9 Å². The summed E-state index contributed by atoms with van der Waals surface area (Å²) in [7, 11) is 0. The topological polar surface area (TPSA) is 127 Å². The highest BCUT2D eigenvalue weighted by Crippen LogP contribution is 2.33. The number of nitrogens with zero attached hydrogens (tertiary/aromatic N) is 3. The maximum atomic E-state index is 11.7. The Hall–Kier alpha value is -1.74. The number of rotatable bonds is 6. The van der Waals surface area contributed by atoms with E-state index in [-0.39, 0.29) is 6.61 Å². The van der Waals surface area contributed by atoms with Gasteiger partial charge in [0.1, 0.15) is 18.2 Å². The Morgan fingerprint density at radius 1 is 1.28 bits per heavy atom. The summed E-state index contributed by atoms with van der Waals surface area (Å²) in [6, 6.07) is 8.14. The molecule has 0 radical (unpaired) electrons. The number of carbonyl (C=O) groups excluding carboxylic acids is 1. The molecule has 1 aromatic carbocycles. The molecule has 1 unspecified atom stereocenters. The van der Waals surface area contributed by atoms with Gasteiger partial charge in [-0.25, -0.2) is 0 Å². The molecule has 1 aliphatic rings. The molecule has 2 rings (SSSR count). The first-order chi connectivity index (χ1) is 13.6. The molecule has 1 N–H and O–H groups in total. The Labute approximate surface area is 182 Å². The molecule has 0 amide bonds. The number of benzene rings is 1. The largest absolute Gasteiger partial charge is 0.459 e. The maximum absolute atomic E-state index is 11.7. The zero-order chi connectivity index (χ0) is 21.6. The normalized spacial score (nSPS) is 26.9. The number of azide groups is 1. The second kappa shape index (κ2) is 10.3. The van der Waals surface area contributed by atoms with Crippen molar-refractivity contribution in [2.45, 2.75) is 54.9 Å². The first-order valence-electron chi connectivity index (χ1n) is 8.48. The number of hydrogen-bond donors (Lipinski definition) is 1. The zero-order valence-electron chi connectivity index (χ0n) is 15.5. The lowest BCUT2D eigenvalue weighted by molar-refractivity contribution is -0.250. The van der Waals surface area contributed by atoms with Gasteiger partial charge in [-0.1, -0.05) is 70.2 Å². The fourth-order valence-electron chi connectivity index (χ4n) is 2.77. The fraction of sp³-hybridized carbons (Fsp3) is 0.529. The lowest BCUT2D eigenvalue weighted by Gasteiger charge is -2.43. The van der Waals surface area contributed by atoms with Crippen LogP contribution < -0.4 is 0 Å². The van der Waals surface area contributed by atoms with Crippen molar-refractivity contribution in [3.05, 3.63) is 46.3 Å². The molecule has 1 aromatic rings. The third-order valence-electron chi connectivity index (χ3n) is 4.01. The van der Waals surface area contributed by atoms with Crippen molar-refractivity contribution in [3.63, 3.8) is 0 Å². The number of carbonyl (C=O) groups is 1. The Bertz CT molecular complexity index is 770. The van der Waals surface area contributed by atoms with Crippen LogP contribution in [0.2, 0.25) is 0 Å². The molecule has 0 spiro atoms. The van der Waals surface area contributed by atoms with Crippen LogP contribution in [0.5, 0.6) is 0 Å². The molecule has 0 saturated carbocycles. The van der Waals surface area contributed by atoms with Crippen LogP contribution >= 0.6 is 34.8 Å². The van der Waals surface area contributed by atoms with Crippen molar-refractivity contribution in [1.29, 1.82) is 5.41 Å². The van der Waals surface area contributed by atoms with E-state index in [9.17, 15) is 4.79 Å². The van der Waals surface area contributed by atoms with Gasteiger partial charge in [-0.05, 0) is 18.0 Å². The van der Waals surface area contributed by atoms with Crippen molar-refractivity contribution in [1.82, 2.24) is 0 Å². The van der Waals surface area contributed by atoms with E-state index in [1.54, 1.807) is 6.92 Å². The molecule has 5 atom stereocenters. The van der Waals surface area contributed by atoms with Gasteiger partial charge in [-0.2, -0.15) is 0 Å². The second-order valence-electron chi connectivity index (χ2n) is 6.19. The highest BCUT2D eigenvalue weighted by Gasteiger charge is 2.49. The lowest BCUT2D eigenvalue weighted by Crippen LogP contribution is -2.59. The van der Waals surface area contributed by atoms with Crippen LogP contribution in [0.4, 0.5) is 0 Å². The SMILES string of the molecule is CC(=O)O[C@H]1[C@H](OCc2ccccc2)[C@@H](C)OC(OC(=N)C(Cl)(Cl)Cl)[C@@H]1N=[N+]=[N-]. The van der Waals surface area contributed by atoms with Gasteiger partial charge in [-0.3, -0.25) is 10.2 Å². The van der Waals surface area contributed by atoms with Crippen molar-refractivity contribution in [2.75, 3.05) is 0 Å². The van der Waals surface area contributed by atoms with Crippen molar-refractivity contribution in [3.8, 4) is 0 Å². The molecule has 9 nitrogen and oxygen atoms in total. The standard InChI is InChI=1S/C17H19Cl3N4O5/c1-9-13(26-8-11-6-4-3-5-7-11)14(28-10(2)25)12(23-24-22)15(27-9)29-16(21)17(18,19)20/h3-7,9,12-15,21H,8H2,1-2H3/t9-,12-,13-,14-,15?/m1/s1. The Morgan fingerprint density at radius 3 is 2.48 bits per heavy atom. The van der Waals surface area contributed by atoms with Gasteiger partial charge in [0.05, 0.1) is 12.7 Å². The van der Waals surface area contributed by atoms with Gasteiger partial charge in [0.25, 0.3) is 3.79 Å². The predicted octanol–water partition coefficient (Wildman–Crippen LogP) is 4.29. The highest BCUT2D eigenvalue weighted by atomic mass is 35.6. The van der Waals surface area contributed by atoms with E-state index in [1.165, 1.54) is 6.92 Å². The predicted molar refractivity (Wildman–Crippen MR) is 107 cm³/mol. The molecule has 1 heterocycles. The molecule has 12 heteroatoms. The Morgan fingerprint density at radius 2 is 1.93 bits per heavy atom. The third kappa shape index (κ3) is 6.64. The van der Waals surface area contributed by atoms with Crippen LogP contribution in [0.1, 0.15) is 19.4 Å². The minimum atomic E-state index is -2.15. The number of nitrogens with one attached hydrogen (secondary N) is 1. The first-order valence-corrected chi connectivity index (χ1v) is 9.61. The molecule has 158 valence electrons. The molecule has 1 fully saturated rings. The van der Waals surface area contributed by atoms with E-state index >= 15 is 0 Å². The van der Waals surface area contributed by atoms with E-state index in [0.717, 1.165) is 5.56 Å². The summed E-state index contributed by atoms with van der Waals surface area (Å²) in [5, 5.41) is 11.4. The highest BCUT2D eigenvalue weighted by molar-refractivity contribution is 6.76. The summed E-state index contributed by atoms with van der Waals surface area (Å²) >= 11 is 16.9. The molecule has 1 saturated heterocycles. The Balaban J connectivity index is 2.27. The monoisotopic (exact) mass is 464 g/mol. The third-order valence-corrected chi connectivity index (χ3v) is 4.53. The van der Waals surface area contributed by atoms with Crippen molar-refractivity contribution in [2.24, 2.45) is 5.11 Å². The van der Waals surface area contributed by atoms with E-state index in [1.807, 2.05) is 30.3 Å². The second-order valence-corrected chi connectivity index (χ2v) is 8.47. The minimum absolute atomic E-state index is 0.204. The van der Waals surface area contributed by atoms with Gasteiger partial charge in [0.2, 0.25) is 12.2 Å². The van der Waals surface area contributed by atoms with Gasteiger partial charge in [-0.15, -0.1) is 0 Å². The summed E-state index contributed by atoms with van der Waals surface area (Å²) in [5.41, 5.74) is 9.86. The van der Waals surface area contributed by atoms with Crippen LogP contribution in [0, 0.1) is 5.41 Å². The summed E-state index contributed by atoms with van der Waals surface area (Å²) in [4.78, 5) is 14.4. The first kappa shape index (κ1) is 23.5. The van der Waals surface area contributed by atoms with E-state index in [0.29, 0.717) is 0 Å². The summed E-state index contributed by atoms with van der Waals surface area (Å²) in [6.07, 6.45) is -3.83. The van der Waals surface area contributed by atoms with Crippen LogP contribution in [-0.4, -0.2) is 46.3 Å². The van der Waals surface area contributed by atoms with Gasteiger partial charge in [0, 0.05) is 11.8 Å². The van der Waals surface area contributed by atoms with Crippen LogP contribution in [-0.2, 0) is 30.3 Å². The number of ether oxygens (including phenoxy) is 4. The average molecular weight is 466 g/mol. The van der Waals surface area contributed by atoms with E-state index in [4.69, 9.17) is 64.7 Å². The van der Waals surface area contributed by atoms with Gasteiger partial charge >= 0.3 is 5.97 Å². The Kier molecular flexibility index (Phi) is 8.39. The minimum Gasteiger partial charge on any atom is -0.459 e. The van der Waals surface area contributed by atoms with Crippen molar-refractivity contribution < 1.29 is 23.7 Å². The number of esters is 1. The van der Waals surface area contributed by atoms with E-state index < -0.39 is 46.3 Å². The molecule has 0 aliphatic carbocycles. The molecule has 0 bridgehead atoms. The van der Waals surface area contributed by atoms with E-state index in [2.05, 4.69) is 10.0 Å². The van der Waals surface area contributed by atoms with Gasteiger partial charge in [0.15, 0.2) is 0 Å². The fourth-order valence-corrected chi connectivity index (χ4v) is 2.91. The summed E-state index contributed by atoms with van der Waals surface area (Å²) in [6.45, 7) is 3.07.